The smallest absolute Gasteiger partial charge is 0.407 e. The first kappa shape index (κ1) is 35.8. The van der Waals surface area contributed by atoms with Gasteiger partial charge in [-0.15, -0.1) is 0 Å². The van der Waals surface area contributed by atoms with Crippen molar-refractivity contribution in [1.29, 1.82) is 0 Å². The van der Waals surface area contributed by atoms with Gasteiger partial charge in [-0.05, 0) is 81.7 Å². The average Bonchev–Trinajstić information content (AvgIpc) is 3.65. The largest absolute Gasteiger partial charge is 0.496 e. The monoisotopic (exact) mass is 690 g/mol. The number of aromatic amines is 1. The number of nitrogens with zero attached hydrogens (tertiary/aromatic N) is 3. The number of hydrogen-bond donors (Lipinski definition) is 3. The number of alkyl carbamates (subject to hydrolysis) is 1. The number of aromatic nitrogens is 3. The van der Waals surface area contributed by atoms with Gasteiger partial charge in [-0.2, -0.15) is 0 Å². The summed E-state index contributed by atoms with van der Waals surface area (Å²) in [5, 5.41) is 7.02. The van der Waals surface area contributed by atoms with Crippen LogP contribution in [0, 0.1) is 5.82 Å². The molecule has 0 radical (unpaired) electrons. The molecule has 262 valence electrons. The van der Waals surface area contributed by atoms with Gasteiger partial charge < -0.3 is 34.4 Å². The van der Waals surface area contributed by atoms with Crippen molar-refractivity contribution in [1.82, 2.24) is 20.3 Å². The Morgan fingerprint density at radius 3 is 2.53 bits per heavy atom. The Labute approximate surface area is 288 Å². The van der Waals surface area contributed by atoms with Crippen molar-refractivity contribution in [2.24, 2.45) is 0 Å². The number of amides is 2. The van der Waals surface area contributed by atoms with Gasteiger partial charge in [0.05, 0.1) is 42.7 Å². The second-order valence-electron chi connectivity index (χ2n) is 14.9. The number of carbonyl (C=O) groups excluding carboxylic acids is 2. The minimum absolute atomic E-state index is 0.00740. The lowest BCUT2D eigenvalue weighted by molar-refractivity contribution is 0.0507. The van der Waals surface area contributed by atoms with E-state index in [1.54, 1.807) is 6.07 Å². The Morgan fingerprint density at radius 1 is 1.08 bits per heavy atom. The van der Waals surface area contributed by atoms with Gasteiger partial charge >= 0.3 is 6.09 Å². The van der Waals surface area contributed by atoms with Gasteiger partial charge in [0, 0.05) is 29.8 Å². The van der Waals surface area contributed by atoms with Gasteiger partial charge in [-0.25, -0.2) is 19.2 Å². The summed E-state index contributed by atoms with van der Waals surface area (Å²) in [6.45, 7) is 17.4. The van der Waals surface area contributed by atoms with E-state index in [-0.39, 0.29) is 40.0 Å². The van der Waals surface area contributed by atoms with Gasteiger partial charge in [0.25, 0.3) is 5.91 Å². The molecule has 3 N–H and O–H groups in total. The second-order valence-corrected chi connectivity index (χ2v) is 19.7. The van der Waals surface area contributed by atoms with Gasteiger partial charge in [0.15, 0.2) is 14.1 Å². The maximum absolute atomic E-state index is 14.9. The molecule has 1 fully saturated rings. The van der Waals surface area contributed by atoms with E-state index in [4.69, 9.17) is 13.9 Å². The molecule has 2 aromatic heterocycles. The van der Waals surface area contributed by atoms with E-state index in [0.717, 1.165) is 16.6 Å². The predicted molar refractivity (Wildman–Crippen MR) is 192 cm³/mol. The van der Waals surface area contributed by atoms with E-state index in [9.17, 15) is 14.0 Å². The van der Waals surface area contributed by atoms with Crippen molar-refractivity contribution in [2.45, 2.75) is 83.8 Å². The highest BCUT2D eigenvalue weighted by atomic mass is 28.4. The van der Waals surface area contributed by atoms with Crippen molar-refractivity contribution in [3.8, 4) is 17.1 Å². The summed E-state index contributed by atoms with van der Waals surface area (Å²) in [4.78, 5) is 40.8. The summed E-state index contributed by atoms with van der Waals surface area (Å²) in [7, 11) is -0.688. The number of anilines is 2. The summed E-state index contributed by atoms with van der Waals surface area (Å²) >= 11 is 0. The third-order valence-corrected chi connectivity index (χ3v) is 13.6. The van der Waals surface area contributed by atoms with Crippen LogP contribution in [-0.2, 0) is 9.16 Å². The molecule has 2 aromatic carbocycles. The molecule has 1 aliphatic heterocycles. The fourth-order valence-corrected chi connectivity index (χ4v) is 6.70. The predicted octanol–water partition coefficient (Wildman–Crippen LogP) is 7.52. The number of hydrogen-bond acceptors (Lipinski definition) is 8. The summed E-state index contributed by atoms with van der Waals surface area (Å²) < 4.78 is 32.5. The van der Waals surface area contributed by atoms with E-state index < -0.39 is 31.7 Å². The minimum Gasteiger partial charge on any atom is -0.496 e. The second kappa shape index (κ2) is 13.8. The normalized spacial score (nSPS) is 16.9. The lowest BCUT2D eigenvalue weighted by atomic mass is 10.1. The lowest BCUT2D eigenvalue weighted by Crippen LogP contribution is -2.45. The zero-order valence-electron chi connectivity index (χ0n) is 29.7. The van der Waals surface area contributed by atoms with E-state index in [1.165, 1.54) is 31.5 Å². The Kier molecular flexibility index (Phi) is 10.1. The maximum atomic E-state index is 14.9. The standard InChI is InChI=1S/C36H47FN6O5Si/c1-35(2,3)48-34(45)40-22-19-23(21-47-49(8,9)36(4,5)6)43(20-22)31-24-15-17-38-26(24)13-14-27(31)42-33(44)28-16-18-39-32(41-28)30-25(37)11-10-12-29(30)46-7/h10-18,22-23,38H,19-21H2,1-9H3,(H,40,45)(H,42,44)/t22-,23-/m0/s1. The number of methoxy groups -OCH3 is 1. The highest BCUT2D eigenvalue weighted by Gasteiger charge is 2.41. The summed E-state index contributed by atoms with van der Waals surface area (Å²) in [6.07, 6.45) is 3.40. The number of rotatable bonds is 9. The van der Waals surface area contributed by atoms with Crippen LogP contribution in [0.15, 0.2) is 54.9 Å². The number of ether oxygens (including phenoxy) is 2. The molecule has 49 heavy (non-hydrogen) atoms. The Morgan fingerprint density at radius 2 is 1.84 bits per heavy atom. The Bertz CT molecular complexity index is 1830. The third-order valence-electron chi connectivity index (χ3n) is 9.13. The molecule has 2 atom stereocenters. The fraction of sp³-hybridized carbons (Fsp3) is 0.444. The summed E-state index contributed by atoms with van der Waals surface area (Å²) in [6, 6.07) is 11.3. The first-order valence-corrected chi connectivity index (χ1v) is 19.4. The molecule has 2 amide bonds. The van der Waals surface area contributed by atoms with Gasteiger partial charge in [-0.1, -0.05) is 26.8 Å². The molecule has 0 spiro atoms. The molecular formula is C36H47FN6O5Si. The first-order chi connectivity index (χ1) is 23.0. The molecule has 0 saturated carbocycles. The molecule has 4 aromatic rings. The Balaban J connectivity index is 1.50. The van der Waals surface area contributed by atoms with Crippen LogP contribution >= 0.6 is 0 Å². The van der Waals surface area contributed by atoms with E-state index in [1.807, 2.05) is 45.2 Å². The molecule has 0 bridgehead atoms. The molecule has 5 rings (SSSR count). The number of fused-ring (bicyclic) bond motifs is 1. The quantitative estimate of drug-likeness (QED) is 0.154. The van der Waals surface area contributed by atoms with Crippen LogP contribution in [0.2, 0.25) is 18.1 Å². The molecular weight excluding hydrogens is 644 g/mol. The molecule has 3 heterocycles. The molecule has 13 heteroatoms. The van der Waals surface area contributed by atoms with Crippen LogP contribution in [0.5, 0.6) is 5.75 Å². The first-order valence-electron chi connectivity index (χ1n) is 16.4. The highest BCUT2D eigenvalue weighted by Crippen LogP contribution is 2.41. The van der Waals surface area contributed by atoms with Crippen molar-refractivity contribution in [3.05, 3.63) is 66.4 Å². The highest BCUT2D eigenvalue weighted by molar-refractivity contribution is 6.74. The SMILES string of the molecule is COc1cccc(F)c1-c1nccc(C(=O)Nc2ccc3[nH]ccc3c2N2C[C@@H](NC(=O)OC(C)(C)C)C[C@H]2CO[Si](C)(C)C(C)(C)C)n1. The maximum Gasteiger partial charge on any atom is 0.407 e. The zero-order chi connectivity index (χ0) is 35.7. The summed E-state index contributed by atoms with van der Waals surface area (Å²) in [5.41, 5.74) is 1.71. The number of carbonyl (C=O) groups is 2. The van der Waals surface area contributed by atoms with E-state index in [0.29, 0.717) is 25.3 Å². The average molecular weight is 691 g/mol. The lowest BCUT2D eigenvalue weighted by Gasteiger charge is -2.38. The van der Waals surface area contributed by atoms with E-state index >= 15 is 0 Å². The molecule has 0 unspecified atom stereocenters. The van der Waals surface area contributed by atoms with Crippen LogP contribution in [0.25, 0.3) is 22.3 Å². The van der Waals surface area contributed by atoms with Gasteiger partial charge in [-0.3, -0.25) is 4.79 Å². The van der Waals surface area contributed by atoms with Crippen molar-refractivity contribution >= 4 is 42.6 Å². The number of benzene rings is 2. The van der Waals surface area contributed by atoms with Crippen LogP contribution < -0.4 is 20.3 Å². The van der Waals surface area contributed by atoms with E-state index in [2.05, 4.69) is 64.4 Å². The molecule has 1 saturated heterocycles. The van der Waals surface area contributed by atoms with Crippen molar-refractivity contribution in [2.75, 3.05) is 30.5 Å². The minimum atomic E-state index is -2.12. The zero-order valence-corrected chi connectivity index (χ0v) is 30.7. The van der Waals surface area contributed by atoms with Crippen LogP contribution in [0.1, 0.15) is 58.5 Å². The van der Waals surface area contributed by atoms with Crippen LogP contribution in [0.3, 0.4) is 0 Å². The summed E-state index contributed by atoms with van der Waals surface area (Å²) in [5.74, 6) is -0.770. The van der Waals surface area contributed by atoms with Crippen LogP contribution in [0.4, 0.5) is 20.6 Å². The molecule has 11 nitrogen and oxygen atoms in total. The number of H-pyrrole nitrogens is 1. The van der Waals surface area contributed by atoms with Crippen molar-refractivity contribution in [3.63, 3.8) is 0 Å². The van der Waals surface area contributed by atoms with Crippen molar-refractivity contribution < 1.29 is 27.9 Å². The van der Waals surface area contributed by atoms with Gasteiger partial charge in [0.2, 0.25) is 0 Å². The topological polar surface area (TPSA) is 131 Å². The van der Waals surface area contributed by atoms with Crippen LogP contribution in [-0.4, -0.2) is 73.2 Å². The number of halogens is 1. The molecule has 1 aliphatic rings. The molecule has 0 aliphatic carbocycles. The number of nitrogens with one attached hydrogen (secondary N) is 3. The Hall–Kier alpha value is -4.49. The fourth-order valence-electron chi connectivity index (χ4n) is 5.66. The van der Waals surface area contributed by atoms with Gasteiger partial charge in [0.1, 0.15) is 22.9 Å². The third kappa shape index (κ3) is 8.05.